The molecular formula is C32H36FN7O5. The van der Waals surface area contributed by atoms with Gasteiger partial charge in [0.1, 0.15) is 11.6 Å². The molecule has 1 fully saturated rings. The molecule has 0 saturated carbocycles. The first-order valence-electron chi connectivity index (χ1n) is 14.5. The second-order valence-electron chi connectivity index (χ2n) is 10.6. The second kappa shape index (κ2) is 14.6. The highest BCUT2D eigenvalue weighted by atomic mass is 19.1. The van der Waals surface area contributed by atoms with Gasteiger partial charge >= 0.3 is 6.22 Å². The van der Waals surface area contributed by atoms with Crippen molar-refractivity contribution < 1.29 is 28.2 Å². The number of hydrogen-bond donors (Lipinski definition) is 3. The highest BCUT2D eigenvalue weighted by molar-refractivity contribution is 6.02. The molecule has 3 aromatic rings. The number of ether oxygens (including phenoxy) is 3. The molecule has 12 nitrogen and oxygen atoms in total. The molecule has 2 aromatic carbocycles. The van der Waals surface area contributed by atoms with Gasteiger partial charge in [-0.2, -0.15) is 4.98 Å². The van der Waals surface area contributed by atoms with Crippen LogP contribution in [0.15, 0.2) is 67.1 Å². The Morgan fingerprint density at radius 1 is 1.13 bits per heavy atom. The fourth-order valence-electron chi connectivity index (χ4n) is 5.04. The third-order valence-corrected chi connectivity index (χ3v) is 7.50. The molecule has 5 rings (SSSR count). The van der Waals surface area contributed by atoms with E-state index in [0.717, 1.165) is 60.7 Å². The van der Waals surface area contributed by atoms with E-state index in [2.05, 4.69) is 55.2 Å². The minimum absolute atomic E-state index is 0.362. The molecule has 0 atom stereocenters. The van der Waals surface area contributed by atoms with E-state index in [1.165, 1.54) is 0 Å². The molecule has 0 aliphatic carbocycles. The number of anilines is 5. The molecule has 236 valence electrons. The number of piperazine rings is 1. The van der Waals surface area contributed by atoms with Crippen LogP contribution in [0.4, 0.5) is 38.0 Å². The Morgan fingerprint density at radius 3 is 2.69 bits per heavy atom. The molecular weight excluding hydrogens is 581 g/mol. The summed E-state index contributed by atoms with van der Waals surface area (Å²) in [5.41, 5.74) is 5.01. The van der Waals surface area contributed by atoms with E-state index in [-0.39, 0.29) is 0 Å². The van der Waals surface area contributed by atoms with Crippen LogP contribution in [0.3, 0.4) is 0 Å². The van der Waals surface area contributed by atoms with Crippen LogP contribution < -0.4 is 25.6 Å². The van der Waals surface area contributed by atoms with Gasteiger partial charge in [-0.25, -0.2) is 9.78 Å². The molecule has 0 bridgehead atoms. The molecule has 1 amide bonds. The number of carbonyl (C=O) groups excluding carboxylic acids is 2. The predicted molar refractivity (Wildman–Crippen MR) is 171 cm³/mol. The fourth-order valence-corrected chi connectivity index (χ4v) is 5.04. The molecule has 1 aromatic heterocycles. The number of aromatic nitrogens is 2. The Hall–Kier alpha value is -5.01. The van der Waals surface area contributed by atoms with Crippen LogP contribution in [0.2, 0.25) is 0 Å². The second-order valence-corrected chi connectivity index (χ2v) is 10.6. The first-order valence-corrected chi connectivity index (χ1v) is 14.5. The van der Waals surface area contributed by atoms with Gasteiger partial charge < -0.3 is 40.0 Å². The Morgan fingerprint density at radius 2 is 1.96 bits per heavy atom. The summed E-state index contributed by atoms with van der Waals surface area (Å²) in [7, 11) is 3.77. The summed E-state index contributed by atoms with van der Waals surface area (Å²) in [4.78, 5) is 36.8. The van der Waals surface area contributed by atoms with Gasteiger partial charge in [0.2, 0.25) is 5.95 Å². The number of nitrogens with one attached hydrogen (secondary N) is 3. The maximum atomic E-state index is 12.5. The maximum Gasteiger partial charge on any atom is 0.501 e. The molecule has 2 aliphatic rings. The molecule has 13 heteroatoms. The Balaban J connectivity index is 1.34. The SMILES string of the molecule is C=C(OC(=O)F)C(=O)Nc1cccc(CNc2nc(Nc3ccc(N4CCN(C)CC4)cc3OC)ncc2C2=CCOCC2)c1. The van der Waals surface area contributed by atoms with Gasteiger partial charge in [0.05, 0.1) is 26.0 Å². The molecule has 0 unspecified atom stereocenters. The van der Waals surface area contributed by atoms with Gasteiger partial charge in [0, 0.05) is 61.9 Å². The quantitative estimate of drug-likeness (QED) is 0.153. The smallest absolute Gasteiger partial charge is 0.494 e. The number of halogens is 1. The van der Waals surface area contributed by atoms with Gasteiger partial charge in [-0.05, 0) is 55.4 Å². The molecule has 0 radical (unpaired) electrons. The van der Waals surface area contributed by atoms with Crippen molar-refractivity contribution >= 4 is 46.5 Å². The summed E-state index contributed by atoms with van der Waals surface area (Å²) in [5.74, 6) is 0.210. The van der Waals surface area contributed by atoms with Crippen LogP contribution in [0, 0.1) is 0 Å². The van der Waals surface area contributed by atoms with Crippen LogP contribution in [0.25, 0.3) is 5.57 Å². The van der Waals surface area contributed by atoms with Crippen LogP contribution in [-0.2, 0) is 20.8 Å². The number of likely N-dealkylation sites (N-methyl/N-ethyl adjacent to an activating group) is 1. The maximum absolute atomic E-state index is 12.5. The summed E-state index contributed by atoms with van der Waals surface area (Å²) in [5, 5.41) is 9.25. The topological polar surface area (TPSA) is 130 Å². The van der Waals surface area contributed by atoms with Crippen LogP contribution in [0.1, 0.15) is 17.5 Å². The minimum Gasteiger partial charge on any atom is -0.494 e. The molecule has 1 saturated heterocycles. The average Bonchev–Trinajstić information content (AvgIpc) is 3.04. The molecule has 3 N–H and O–H groups in total. The lowest BCUT2D eigenvalue weighted by Crippen LogP contribution is -2.44. The number of methoxy groups -OCH3 is 1. The van der Waals surface area contributed by atoms with E-state index in [9.17, 15) is 14.0 Å². The normalized spacial score (nSPS) is 15.1. The summed E-state index contributed by atoms with van der Waals surface area (Å²) >= 11 is 0. The highest BCUT2D eigenvalue weighted by Crippen LogP contribution is 2.33. The number of nitrogens with zero attached hydrogens (tertiary/aromatic N) is 4. The number of amides is 1. The van der Waals surface area contributed by atoms with E-state index >= 15 is 0 Å². The number of carbonyl (C=O) groups is 2. The lowest BCUT2D eigenvalue weighted by Gasteiger charge is -2.34. The van der Waals surface area contributed by atoms with Crippen LogP contribution >= 0.6 is 0 Å². The lowest BCUT2D eigenvalue weighted by atomic mass is 10.0. The largest absolute Gasteiger partial charge is 0.501 e. The zero-order valence-electron chi connectivity index (χ0n) is 25.3. The summed E-state index contributed by atoms with van der Waals surface area (Å²) in [6.07, 6.45) is 2.42. The lowest BCUT2D eigenvalue weighted by molar-refractivity contribution is -0.115. The van der Waals surface area contributed by atoms with Crippen molar-refractivity contribution in [2.75, 3.05) is 74.4 Å². The standard InChI is InChI=1S/C32H36FN7O5/c1-21(45-31(33)42)30(41)36-24-6-4-5-22(17-24)19-34-29-26(23-9-15-44-16-10-23)20-35-32(38-29)37-27-8-7-25(18-28(27)43-3)40-13-11-39(2)12-14-40/h4-9,17-18,20H,1,10-16,19H2,2-3H3,(H,36,41)(H2,34,35,37,38). The van der Waals surface area contributed by atoms with E-state index in [4.69, 9.17) is 14.5 Å². The average molecular weight is 618 g/mol. The third kappa shape index (κ3) is 8.34. The Bertz CT molecular complexity index is 1590. The first-order chi connectivity index (χ1) is 21.8. The van der Waals surface area contributed by atoms with Gasteiger partial charge in [0.15, 0.2) is 5.76 Å². The first kappa shape index (κ1) is 31.4. The van der Waals surface area contributed by atoms with Crippen molar-refractivity contribution in [2.45, 2.75) is 13.0 Å². The zero-order chi connectivity index (χ0) is 31.8. The van der Waals surface area contributed by atoms with Crippen molar-refractivity contribution in [3.8, 4) is 5.75 Å². The third-order valence-electron chi connectivity index (χ3n) is 7.50. The van der Waals surface area contributed by atoms with E-state index in [0.29, 0.717) is 43.0 Å². The Kier molecular flexibility index (Phi) is 10.2. The molecule has 3 heterocycles. The molecule has 2 aliphatic heterocycles. The van der Waals surface area contributed by atoms with Crippen molar-refractivity contribution in [3.63, 3.8) is 0 Å². The fraction of sp³-hybridized carbons (Fsp3) is 0.312. The van der Waals surface area contributed by atoms with Crippen LogP contribution in [0.5, 0.6) is 5.75 Å². The zero-order valence-corrected chi connectivity index (χ0v) is 25.3. The summed E-state index contributed by atoms with van der Waals surface area (Å²) in [6.45, 7) is 8.66. The minimum atomic E-state index is -2.11. The van der Waals surface area contributed by atoms with Gasteiger partial charge in [-0.3, -0.25) is 4.79 Å². The molecule has 45 heavy (non-hydrogen) atoms. The molecule has 0 spiro atoms. The number of rotatable bonds is 11. The Labute approximate surface area is 260 Å². The van der Waals surface area contributed by atoms with Crippen molar-refractivity contribution in [3.05, 3.63) is 78.2 Å². The van der Waals surface area contributed by atoms with E-state index < -0.39 is 17.9 Å². The van der Waals surface area contributed by atoms with Crippen molar-refractivity contribution in [1.82, 2.24) is 14.9 Å². The van der Waals surface area contributed by atoms with E-state index in [1.54, 1.807) is 31.5 Å². The monoisotopic (exact) mass is 617 g/mol. The number of benzene rings is 2. The summed E-state index contributed by atoms with van der Waals surface area (Å²) < 4.78 is 27.8. The highest BCUT2D eigenvalue weighted by Gasteiger charge is 2.18. The van der Waals surface area contributed by atoms with E-state index in [1.807, 2.05) is 24.3 Å². The predicted octanol–water partition coefficient (Wildman–Crippen LogP) is 4.95. The summed E-state index contributed by atoms with van der Waals surface area (Å²) in [6, 6.07) is 13.1. The van der Waals surface area contributed by atoms with Gasteiger partial charge in [0.25, 0.3) is 5.91 Å². The van der Waals surface area contributed by atoms with Crippen LogP contribution in [-0.4, -0.2) is 80.5 Å². The van der Waals surface area contributed by atoms with Crippen molar-refractivity contribution in [2.24, 2.45) is 0 Å². The van der Waals surface area contributed by atoms with Crippen molar-refractivity contribution in [1.29, 1.82) is 0 Å². The van der Waals surface area contributed by atoms with Gasteiger partial charge in [-0.1, -0.05) is 18.2 Å². The van der Waals surface area contributed by atoms with Gasteiger partial charge in [-0.15, -0.1) is 4.39 Å². The number of hydrogen-bond acceptors (Lipinski definition) is 11.